The van der Waals surface area contributed by atoms with Crippen LogP contribution in [-0.4, -0.2) is 0 Å². The average Bonchev–Trinajstić information content (AvgIpc) is 1.00. The maximum Gasteiger partial charge on any atom is 0 e. The van der Waals surface area contributed by atoms with Gasteiger partial charge < -0.3 is 10.5 Å². The van der Waals surface area contributed by atoms with E-state index in [1.54, 1.807) is 0 Å². The molecule has 0 spiro atoms. The zero-order valence-electron chi connectivity index (χ0n) is 1.71. The summed E-state index contributed by atoms with van der Waals surface area (Å²) < 4.78 is 0. The fourth-order valence-corrected chi connectivity index (χ4v) is 0. The molecule has 0 rings (SSSR count). The Bertz CT molecular complexity index is 8.00. The van der Waals surface area contributed by atoms with Gasteiger partial charge in [0, 0.05) is 17.1 Å². The summed E-state index contributed by atoms with van der Waals surface area (Å²) >= 11 is 0. The van der Waals surface area contributed by atoms with Crippen LogP contribution in [0.3, 0.4) is 0 Å². The van der Waals surface area contributed by atoms with Crippen molar-refractivity contribution in [3.05, 3.63) is 10.5 Å². The van der Waals surface area contributed by atoms with Crippen LogP contribution >= 0.6 is 13.5 Å². The summed E-state index contributed by atoms with van der Waals surface area (Å²) in [5.74, 6) is 0. The fourth-order valence-electron chi connectivity index (χ4n) is 0. The molecule has 0 aliphatic carbocycles. The van der Waals surface area contributed by atoms with Crippen molar-refractivity contribution in [2.24, 2.45) is 0 Å². The van der Waals surface area contributed by atoms with E-state index in [1.807, 2.05) is 0 Å². The number of hydrogen-bond acceptors (Lipinski definition) is 1. The number of nitrogens with zero attached hydrogens (tertiary/aromatic N) is 1. The van der Waals surface area contributed by atoms with Crippen LogP contribution in [-0.2, 0) is 17.1 Å². The molecule has 0 N–H and O–H groups in total. The van der Waals surface area contributed by atoms with Crippen molar-refractivity contribution in [2.45, 2.75) is 0 Å². The minimum atomic E-state index is 0. The van der Waals surface area contributed by atoms with Crippen molar-refractivity contribution in [1.82, 2.24) is 0 Å². The predicted molar refractivity (Wildman–Crippen MR) is 17.1 cm³/mol. The Balaban J connectivity index is -0.00000000500. The molecule has 0 radical (unpaired) electrons. The van der Waals surface area contributed by atoms with Crippen LogP contribution < -0.4 is 0 Å². The van der Waals surface area contributed by atoms with Gasteiger partial charge in [-0.3, -0.25) is 0 Å². The van der Waals surface area contributed by atoms with E-state index in [0.29, 0.717) is 0 Å². The summed E-state index contributed by atoms with van der Waals surface area (Å²) in [5, 5.41) is 0. The monoisotopic (exact) mass is 120 g/mol. The quantitative estimate of drug-likeness (QED) is 0.427. The van der Waals surface area contributed by atoms with Crippen LogP contribution in [0.1, 0.15) is 0 Å². The first-order valence-electron chi connectivity index (χ1n) is 0.183. The Morgan fingerprint density at radius 3 is 1.25 bits per heavy atom. The molecule has 0 saturated heterocycles. The van der Waals surface area contributed by atoms with E-state index in [2.05, 4.69) is 0 Å². The third-order valence-corrected chi connectivity index (χ3v) is 0. The summed E-state index contributed by atoms with van der Waals surface area (Å²) in [5.41, 5.74) is 5.75. The van der Waals surface area contributed by atoms with Crippen LogP contribution in [0.25, 0.3) is 5.59 Å². The first kappa shape index (κ1) is 24.9. The van der Waals surface area contributed by atoms with Crippen molar-refractivity contribution in [2.75, 3.05) is 0 Å². The van der Waals surface area contributed by atoms with E-state index in [-0.39, 0.29) is 30.6 Å². The molecule has 0 aliphatic rings. The standard InChI is InChI=1S/Fe.NO.H2S/c;1-2;/h;;1H2/q;-1;. The van der Waals surface area contributed by atoms with E-state index in [0.717, 1.165) is 0 Å². The van der Waals surface area contributed by atoms with Crippen LogP contribution in [0.15, 0.2) is 0 Å². The molecule has 0 bridgehead atoms. The van der Waals surface area contributed by atoms with Crippen molar-refractivity contribution in [1.29, 1.82) is 0 Å². The third kappa shape index (κ3) is 24.2. The second-order valence-corrected chi connectivity index (χ2v) is 0. The second kappa shape index (κ2) is 96.0. The van der Waals surface area contributed by atoms with Gasteiger partial charge in [-0.25, -0.2) is 0 Å². The molecule has 0 atom stereocenters. The fraction of sp³-hybridized carbons (Fsp3) is 0. The molecule has 4 heavy (non-hydrogen) atoms. The first-order valence-corrected chi connectivity index (χ1v) is 0.183. The molecule has 0 amide bonds. The Morgan fingerprint density at radius 2 is 1.25 bits per heavy atom. The van der Waals surface area contributed by atoms with Gasteiger partial charge in [0.2, 0.25) is 0 Å². The summed E-state index contributed by atoms with van der Waals surface area (Å²) in [6.07, 6.45) is 0. The normalized spacial score (nSPS) is 1.00. The maximum absolute atomic E-state index is 7.25. The van der Waals surface area contributed by atoms with Crippen molar-refractivity contribution in [3.63, 3.8) is 0 Å². The summed E-state index contributed by atoms with van der Waals surface area (Å²) in [7, 11) is 0. The topological polar surface area (TPSA) is 39.4 Å². The van der Waals surface area contributed by atoms with E-state index >= 15 is 0 Å². The molecule has 0 aromatic rings. The van der Waals surface area contributed by atoms with Gasteiger partial charge in [0.05, 0.1) is 0 Å². The number of nitroso groups, excluding NO2 is 1. The number of hydrogen-bond donors (Lipinski definition) is 0. The molecule has 28 valence electrons. The molecule has 4 heteroatoms. The SMILES string of the molecule is S.[Fe].[N-]=O. The Hall–Kier alpha value is 0.469. The first-order chi connectivity index (χ1) is 1.00. The van der Waals surface area contributed by atoms with Gasteiger partial charge in [-0.15, -0.1) is 0 Å². The second-order valence-electron chi connectivity index (χ2n) is 0. The van der Waals surface area contributed by atoms with Gasteiger partial charge in [0.15, 0.2) is 0 Å². The van der Waals surface area contributed by atoms with Crippen LogP contribution in [0.4, 0.5) is 0 Å². The van der Waals surface area contributed by atoms with Gasteiger partial charge in [-0.05, 0) is 0 Å². The smallest absolute Gasteiger partial charge is 0 e. The van der Waals surface area contributed by atoms with Gasteiger partial charge in [0.25, 0.3) is 0 Å². The molecule has 0 aromatic heterocycles. The Morgan fingerprint density at radius 1 is 1.25 bits per heavy atom. The van der Waals surface area contributed by atoms with Gasteiger partial charge in [-0.1, -0.05) is 0 Å². The molecule has 0 heterocycles. The summed E-state index contributed by atoms with van der Waals surface area (Å²) in [4.78, 5) is 7.25. The van der Waals surface area contributed by atoms with Crippen LogP contribution in [0.2, 0.25) is 0 Å². The van der Waals surface area contributed by atoms with E-state index in [4.69, 9.17) is 10.5 Å². The van der Waals surface area contributed by atoms with Crippen molar-refractivity contribution < 1.29 is 17.1 Å². The zero-order chi connectivity index (χ0) is 2.00. The molecule has 0 saturated carbocycles. The maximum atomic E-state index is 7.25. The summed E-state index contributed by atoms with van der Waals surface area (Å²) in [6.45, 7) is 0. The Labute approximate surface area is 41.6 Å². The van der Waals surface area contributed by atoms with Gasteiger partial charge in [-0.2, -0.15) is 13.5 Å². The summed E-state index contributed by atoms with van der Waals surface area (Å²) in [6, 6.07) is 0. The average molecular weight is 120 g/mol. The van der Waals surface area contributed by atoms with E-state index in [1.165, 1.54) is 0 Å². The molecule has 0 aliphatic heterocycles. The molecular formula is H2FeNOS-. The largest absolute Gasteiger partial charge is 0.577 e. The van der Waals surface area contributed by atoms with Crippen molar-refractivity contribution in [3.8, 4) is 0 Å². The van der Waals surface area contributed by atoms with Gasteiger partial charge in [0.1, 0.15) is 0 Å². The van der Waals surface area contributed by atoms with E-state index < -0.39 is 0 Å². The molecule has 0 fully saturated rings. The van der Waals surface area contributed by atoms with Crippen LogP contribution in [0.5, 0.6) is 0 Å². The molecule has 2 nitrogen and oxygen atoms in total. The molecular weight excluding hydrogens is 118 g/mol. The minimum Gasteiger partial charge on any atom is -0.577 e. The molecule has 0 aromatic carbocycles. The zero-order valence-corrected chi connectivity index (χ0v) is 3.81. The van der Waals surface area contributed by atoms with Gasteiger partial charge >= 0.3 is 0 Å². The molecule has 0 unspecified atom stereocenters. The Kier molecular flexibility index (Phi) is 598. The minimum absolute atomic E-state index is 0. The van der Waals surface area contributed by atoms with E-state index in [9.17, 15) is 0 Å². The van der Waals surface area contributed by atoms with Crippen LogP contribution in [0, 0.1) is 4.91 Å². The van der Waals surface area contributed by atoms with Crippen molar-refractivity contribution >= 4 is 13.5 Å². The predicted octanol–water partition coefficient (Wildman–Crippen LogP) is 0.433. The number of rotatable bonds is 0. The third-order valence-electron chi connectivity index (χ3n) is 0.